The van der Waals surface area contributed by atoms with E-state index in [1.165, 1.54) is 6.07 Å². The molecule has 0 unspecified atom stereocenters. The highest BCUT2D eigenvalue weighted by Gasteiger charge is 2.09. The molecule has 0 aliphatic carbocycles. The molecule has 0 bridgehead atoms. The summed E-state index contributed by atoms with van der Waals surface area (Å²) in [4.78, 5) is 14.3. The van der Waals surface area contributed by atoms with Crippen LogP contribution in [-0.4, -0.2) is 16.1 Å². The average molecular weight is 335 g/mol. The largest absolute Gasteiger partial charge is 0.475 e. The number of nitrogens with two attached hydrogens (primary N) is 1. The van der Waals surface area contributed by atoms with Crippen LogP contribution in [0.25, 0.3) is 11.0 Å². The number of carboxylic acids is 1. The quantitative estimate of drug-likeness (QED) is 0.710. The van der Waals surface area contributed by atoms with Crippen molar-refractivity contribution in [2.75, 3.05) is 5.73 Å². The maximum Gasteiger partial charge on any atom is 0.371 e. The maximum absolute atomic E-state index is 10.6. The van der Waals surface area contributed by atoms with Gasteiger partial charge in [0.25, 0.3) is 0 Å². The van der Waals surface area contributed by atoms with E-state index in [2.05, 4.69) is 20.9 Å². The van der Waals surface area contributed by atoms with Crippen LogP contribution in [-0.2, 0) is 0 Å². The zero-order valence-electron chi connectivity index (χ0n) is 10.3. The minimum absolute atomic E-state index is 0.0342. The van der Waals surface area contributed by atoms with E-state index in [1.54, 1.807) is 36.7 Å². The van der Waals surface area contributed by atoms with Crippen molar-refractivity contribution in [3.05, 3.63) is 59.0 Å². The number of carbonyl (C=O) groups is 1. The molecule has 0 aliphatic rings. The Bertz CT molecular complexity index is 726. The van der Waals surface area contributed by atoms with Crippen LogP contribution in [0.3, 0.4) is 0 Å². The number of rotatable bonds is 1. The molecule has 0 saturated heterocycles. The molecule has 6 heteroatoms. The van der Waals surface area contributed by atoms with E-state index >= 15 is 0 Å². The molecule has 0 radical (unpaired) electrons. The summed E-state index contributed by atoms with van der Waals surface area (Å²) in [5, 5.41) is 9.44. The Morgan fingerprint density at radius 3 is 2.45 bits per heavy atom. The first-order valence-corrected chi connectivity index (χ1v) is 6.43. The van der Waals surface area contributed by atoms with Gasteiger partial charge in [-0.3, -0.25) is 4.98 Å². The lowest BCUT2D eigenvalue weighted by atomic mass is 10.2. The summed E-state index contributed by atoms with van der Waals surface area (Å²) >= 11 is 3.27. The van der Waals surface area contributed by atoms with Gasteiger partial charge in [-0.1, -0.05) is 15.9 Å². The van der Waals surface area contributed by atoms with Crippen molar-refractivity contribution in [2.24, 2.45) is 0 Å². The number of aromatic nitrogens is 1. The Balaban J connectivity index is 0.000000178. The van der Waals surface area contributed by atoms with Crippen LogP contribution in [0, 0.1) is 0 Å². The van der Waals surface area contributed by atoms with E-state index in [4.69, 9.17) is 15.3 Å². The smallest absolute Gasteiger partial charge is 0.371 e. The molecule has 3 rings (SSSR count). The maximum atomic E-state index is 10.6. The summed E-state index contributed by atoms with van der Waals surface area (Å²) in [6.45, 7) is 0. The van der Waals surface area contributed by atoms with Crippen molar-refractivity contribution >= 4 is 38.6 Å². The number of hydrogen-bond donors (Lipinski definition) is 2. The Morgan fingerprint density at radius 1 is 1.20 bits per heavy atom. The van der Waals surface area contributed by atoms with E-state index in [0.717, 1.165) is 15.5 Å². The summed E-state index contributed by atoms with van der Waals surface area (Å²) in [6.07, 6.45) is 3.32. The molecule has 0 fully saturated rings. The van der Waals surface area contributed by atoms with E-state index in [1.807, 2.05) is 6.07 Å². The minimum Gasteiger partial charge on any atom is -0.475 e. The summed E-state index contributed by atoms with van der Waals surface area (Å²) < 4.78 is 5.95. The number of nitrogens with zero attached hydrogens (tertiary/aromatic N) is 1. The van der Waals surface area contributed by atoms with Crippen LogP contribution in [0.2, 0.25) is 0 Å². The van der Waals surface area contributed by atoms with Gasteiger partial charge in [-0.05, 0) is 36.4 Å². The Morgan fingerprint density at radius 2 is 1.90 bits per heavy atom. The molecule has 1 aromatic carbocycles. The summed E-state index contributed by atoms with van der Waals surface area (Å²) in [5.41, 5.74) is 6.65. The van der Waals surface area contributed by atoms with Crippen LogP contribution >= 0.6 is 15.9 Å². The minimum atomic E-state index is -1.05. The SMILES string of the molecule is Nc1ccncc1.O=C(O)c1cc2ccc(Br)cc2o1. The Hall–Kier alpha value is -2.34. The predicted molar refractivity (Wildman–Crippen MR) is 79.5 cm³/mol. The average Bonchev–Trinajstić information content (AvgIpc) is 2.83. The van der Waals surface area contributed by atoms with Crippen LogP contribution in [0.15, 0.2) is 57.7 Å². The van der Waals surface area contributed by atoms with Gasteiger partial charge in [-0.2, -0.15) is 0 Å². The van der Waals surface area contributed by atoms with Crippen LogP contribution in [0.5, 0.6) is 0 Å². The van der Waals surface area contributed by atoms with Crippen molar-refractivity contribution in [3.63, 3.8) is 0 Å². The van der Waals surface area contributed by atoms with Gasteiger partial charge in [0, 0.05) is 27.9 Å². The second-order valence-electron chi connectivity index (χ2n) is 3.88. The molecular formula is C14H11BrN2O3. The summed E-state index contributed by atoms with van der Waals surface area (Å²) in [5.74, 6) is -1.08. The zero-order chi connectivity index (χ0) is 14.5. The molecule has 5 nitrogen and oxygen atoms in total. The second-order valence-corrected chi connectivity index (χ2v) is 4.79. The van der Waals surface area contributed by atoms with E-state index in [0.29, 0.717) is 5.58 Å². The van der Waals surface area contributed by atoms with E-state index in [-0.39, 0.29) is 5.76 Å². The fourth-order valence-corrected chi connectivity index (χ4v) is 1.81. The molecule has 0 aliphatic heterocycles. The van der Waals surface area contributed by atoms with Gasteiger partial charge in [-0.25, -0.2) is 4.79 Å². The highest BCUT2D eigenvalue weighted by atomic mass is 79.9. The normalized spacial score (nSPS) is 9.85. The molecule has 2 heterocycles. The first-order chi connectivity index (χ1) is 9.56. The fourth-order valence-electron chi connectivity index (χ4n) is 1.47. The molecular weight excluding hydrogens is 324 g/mol. The number of benzene rings is 1. The predicted octanol–water partition coefficient (Wildman–Crippen LogP) is 3.56. The number of anilines is 1. The van der Waals surface area contributed by atoms with Gasteiger partial charge in [0.15, 0.2) is 0 Å². The number of pyridine rings is 1. The molecule has 3 N–H and O–H groups in total. The molecule has 3 aromatic rings. The third-order valence-corrected chi connectivity index (χ3v) is 2.89. The standard InChI is InChI=1S/C9H5BrO3.C5H6N2/c10-6-2-1-5-3-8(9(11)12)13-7(5)4-6;6-5-1-3-7-4-2-5/h1-4H,(H,11,12);1-4H,(H2,6,7). The van der Waals surface area contributed by atoms with Crippen LogP contribution in [0.4, 0.5) is 5.69 Å². The fraction of sp³-hybridized carbons (Fsp3) is 0. The number of aromatic carboxylic acids is 1. The van der Waals surface area contributed by atoms with Crippen molar-refractivity contribution in [1.29, 1.82) is 0 Å². The first kappa shape index (κ1) is 14.1. The third kappa shape index (κ3) is 3.58. The number of fused-ring (bicyclic) bond motifs is 1. The third-order valence-electron chi connectivity index (χ3n) is 2.40. The van der Waals surface area contributed by atoms with Gasteiger partial charge in [-0.15, -0.1) is 0 Å². The first-order valence-electron chi connectivity index (χ1n) is 5.64. The summed E-state index contributed by atoms with van der Waals surface area (Å²) in [7, 11) is 0. The highest BCUT2D eigenvalue weighted by molar-refractivity contribution is 9.10. The molecule has 0 spiro atoms. The number of nitrogen functional groups attached to an aromatic ring is 1. The lowest BCUT2D eigenvalue weighted by Crippen LogP contribution is -1.91. The lowest BCUT2D eigenvalue weighted by molar-refractivity contribution is 0.0665. The van der Waals surface area contributed by atoms with Crippen LogP contribution in [0.1, 0.15) is 10.6 Å². The molecule has 2 aromatic heterocycles. The van der Waals surface area contributed by atoms with Gasteiger partial charge < -0.3 is 15.3 Å². The second kappa shape index (κ2) is 6.21. The highest BCUT2D eigenvalue weighted by Crippen LogP contribution is 2.23. The van der Waals surface area contributed by atoms with Crippen molar-refractivity contribution in [2.45, 2.75) is 0 Å². The Kier molecular flexibility index (Phi) is 4.37. The van der Waals surface area contributed by atoms with Crippen LogP contribution < -0.4 is 5.73 Å². The topological polar surface area (TPSA) is 89.3 Å². The molecule has 20 heavy (non-hydrogen) atoms. The molecule has 0 atom stereocenters. The summed E-state index contributed by atoms with van der Waals surface area (Å²) in [6, 6.07) is 10.4. The van der Waals surface area contributed by atoms with Crippen molar-refractivity contribution in [1.82, 2.24) is 4.98 Å². The van der Waals surface area contributed by atoms with Gasteiger partial charge in [0.05, 0.1) is 0 Å². The van der Waals surface area contributed by atoms with Gasteiger partial charge >= 0.3 is 5.97 Å². The number of halogens is 1. The molecule has 102 valence electrons. The van der Waals surface area contributed by atoms with Gasteiger partial charge in [0.2, 0.25) is 5.76 Å². The lowest BCUT2D eigenvalue weighted by Gasteiger charge is -1.87. The monoisotopic (exact) mass is 334 g/mol. The molecule has 0 amide bonds. The number of furan rings is 1. The van der Waals surface area contributed by atoms with Gasteiger partial charge in [0.1, 0.15) is 5.58 Å². The number of carboxylic acid groups (broad SMARTS) is 1. The zero-order valence-corrected chi connectivity index (χ0v) is 11.9. The van der Waals surface area contributed by atoms with E-state index < -0.39 is 5.97 Å². The van der Waals surface area contributed by atoms with Crippen molar-refractivity contribution < 1.29 is 14.3 Å². The Labute approximate surface area is 123 Å². The molecule has 0 saturated carbocycles. The van der Waals surface area contributed by atoms with Crippen molar-refractivity contribution in [3.8, 4) is 0 Å². The number of hydrogen-bond acceptors (Lipinski definition) is 4. The van der Waals surface area contributed by atoms with E-state index in [9.17, 15) is 4.79 Å².